The maximum absolute atomic E-state index is 13.6. The molecule has 3 saturated heterocycles. The fraction of sp³-hybridized carbons (Fsp3) is 0.318. The van der Waals surface area contributed by atoms with Gasteiger partial charge in [-0.1, -0.05) is 24.3 Å². The summed E-state index contributed by atoms with van der Waals surface area (Å²) in [4.78, 5) is 30.8. The fourth-order valence-electron chi connectivity index (χ4n) is 5.26. The molecule has 0 radical (unpaired) electrons. The van der Waals surface area contributed by atoms with Crippen LogP contribution in [0.5, 0.6) is 11.5 Å². The molecule has 3 N–H and O–H groups in total. The molecule has 0 spiro atoms. The van der Waals surface area contributed by atoms with Gasteiger partial charge in [0.15, 0.2) is 11.5 Å². The second-order valence-electron chi connectivity index (χ2n) is 8.16. The number of nitrogens with two attached hydrogens (primary N) is 1. The van der Waals surface area contributed by atoms with Gasteiger partial charge in [-0.05, 0) is 17.7 Å². The number of hydrogen-bond donors (Lipinski definition) is 2. The Hall–Kier alpha value is -3.04. The normalized spacial score (nSPS) is 28.8. The number of rotatable bonds is 3. The Balaban J connectivity index is 1.39. The van der Waals surface area contributed by atoms with E-state index in [-0.39, 0.29) is 42.4 Å². The van der Waals surface area contributed by atoms with E-state index in [0.717, 1.165) is 17.2 Å². The Bertz CT molecular complexity index is 1120. The van der Waals surface area contributed by atoms with Gasteiger partial charge >= 0.3 is 0 Å². The number of anilines is 1. The molecule has 8 nitrogen and oxygen atoms in total. The molecular weight excluding hydrogens is 416 g/mol. The number of nitrogens with one attached hydrogen (secondary N) is 1. The lowest BCUT2D eigenvalue weighted by Gasteiger charge is -2.28. The average Bonchev–Trinajstić information content (AvgIpc) is 3.51. The van der Waals surface area contributed by atoms with E-state index >= 15 is 0 Å². The largest absolute Gasteiger partial charge is 0.454 e. The summed E-state index contributed by atoms with van der Waals surface area (Å²) in [7, 11) is 0. The topological polar surface area (TPSA) is 109 Å². The zero-order valence-electron chi connectivity index (χ0n) is 16.5. The van der Waals surface area contributed by atoms with Crippen LogP contribution in [0.25, 0.3) is 0 Å². The molecule has 0 bridgehead atoms. The molecule has 3 fully saturated rings. The first-order valence-electron chi connectivity index (χ1n) is 10.1. The van der Waals surface area contributed by atoms with Gasteiger partial charge in [-0.2, -0.15) is 0 Å². The number of carbonyl (C=O) groups excluding carboxylic acids is 2. The van der Waals surface area contributed by atoms with Gasteiger partial charge < -0.3 is 15.2 Å². The van der Waals surface area contributed by atoms with E-state index in [4.69, 9.17) is 20.6 Å². The van der Waals surface area contributed by atoms with E-state index in [0.29, 0.717) is 22.7 Å². The highest BCUT2D eigenvalue weighted by Crippen LogP contribution is 2.54. The molecule has 0 aromatic heterocycles. The molecule has 31 heavy (non-hydrogen) atoms. The van der Waals surface area contributed by atoms with Crippen molar-refractivity contribution in [2.45, 2.75) is 12.1 Å². The highest BCUT2D eigenvalue weighted by Gasteiger charge is 2.63. The number of carbonyl (C=O) groups is 2. The van der Waals surface area contributed by atoms with Crippen LogP contribution in [0.4, 0.5) is 5.69 Å². The predicted molar refractivity (Wildman–Crippen MR) is 115 cm³/mol. The summed E-state index contributed by atoms with van der Waals surface area (Å²) in [6.45, 7) is 0.137. The summed E-state index contributed by atoms with van der Waals surface area (Å²) >= 11 is 1.79. The van der Waals surface area contributed by atoms with Crippen LogP contribution >= 0.6 is 11.8 Å². The zero-order chi connectivity index (χ0) is 21.3. The van der Waals surface area contributed by atoms with Crippen LogP contribution in [0.15, 0.2) is 42.5 Å². The van der Waals surface area contributed by atoms with Crippen molar-refractivity contribution in [2.24, 2.45) is 17.6 Å². The van der Waals surface area contributed by atoms with Crippen LogP contribution in [0.2, 0.25) is 0 Å². The van der Waals surface area contributed by atoms with Gasteiger partial charge in [0.25, 0.3) is 0 Å². The molecular formula is C22H20N4O4S. The minimum Gasteiger partial charge on any atom is -0.454 e. The lowest BCUT2D eigenvalue weighted by Crippen LogP contribution is -2.40. The molecule has 0 aliphatic carbocycles. The van der Waals surface area contributed by atoms with Crippen molar-refractivity contribution >= 4 is 35.1 Å². The van der Waals surface area contributed by atoms with Crippen LogP contribution in [0.1, 0.15) is 17.2 Å². The molecule has 4 heterocycles. The minimum atomic E-state index is -0.438. The van der Waals surface area contributed by atoms with Crippen molar-refractivity contribution in [1.29, 1.82) is 5.41 Å². The summed E-state index contributed by atoms with van der Waals surface area (Å²) in [5.41, 5.74) is 7.73. The monoisotopic (exact) mass is 436 g/mol. The van der Waals surface area contributed by atoms with E-state index in [1.807, 2.05) is 12.1 Å². The number of amides is 2. The Morgan fingerprint density at radius 1 is 1.03 bits per heavy atom. The number of hydrogen-bond acceptors (Lipinski definition) is 7. The zero-order valence-corrected chi connectivity index (χ0v) is 17.3. The molecule has 0 saturated carbocycles. The first kappa shape index (κ1) is 18.7. The molecule has 4 atom stereocenters. The number of thioether (sulfide) groups is 1. The number of benzene rings is 2. The van der Waals surface area contributed by atoms with Crippen LogP contribution in [0.3, 0.4) is 0 Å². The van der Waals surface area contributed by atoms with Gasteiger partial charge in [0, 0.05) is 35.3 Å². The van der Waals surface area contributed by atoms with E-state index in [2.05, 4.69) is 4.90 Å². The maximum Gasteiger partial charge on any atom is 0.239 e. The third kappa shape index (κ3) is 2.63. The minimum absolute atomic E-state index is 0.00607. The van der Waals surface area contributed by atoms with Crippen molar-refractivity contribution < 1.29 is 19.1 Å². The lowest BCUT2D eigenvalue weighted by atomic mass is 9.86. The summed E-state index contributed by atoms with van der Waals surface area (Å²) < 4.78 is 10.8. The third-order valence-electron chi connectivity index (χ3n) is 6.64. The van der Waals surface area contributed by atoms with Crippen LogP contribution in [-0.2, 0) is 9.59 Å². The first-order chi connectivity index (χ1) is 15.0. The van der Waals surface area contributed by atoms with Gasteiger partial charge in [0.1, 0.15) is 5.84 Å². The van der Waals surface area contributed by atoms with Gasteiger partial charge in [-0.3, -0.25) is 19.9 Å². The first-order valence-corrected chi connectivity index (χ1v) is 11.3. The van der Waals surface area contributed by atoms with Crippen LogP contribution in [-0.4, -0.2) is 47.0 Å². The molecule has 2 aromatic rings. The van der Waals surface area contributed by atoms with Crippen molar-refractivity contribution in [1.82, 2.24) is 4.90 Å². The molecule has 158 valence electrons. The van der Waals surface area contributed by atoms with Crippen LogP contribution < -0.4 is 20.1 Å². The van der Waals surface area contributed by atoms with E-state index in [1.54, 1.807) is 42.1 Å². The molecule has 9 heteroatoms. The smallest absolute Gasteiger partial charge is 0.239 e. The summed E-state index contributed by atoms with van der Waals surface area (Å²) in [5, 5.41) is 7.62. The molecule has 0 unspecified atom stereocenters. The summed E-state index contributed by atoms with van der Waals surface area (Å²) in [5.74, 6) is 1.67. The van der Waals surface area contributed by atoms with Crippen molar-refractivity contribution in [3.63, 3.8) is 0 Å². The molecule has 2 aromatic carbocycles. The summed E-state index contributed by atoms with van der Waals surface area (Å²) in [6, 6.07) is 12.5. The van der Waals surface area contributed by atoms with Gasteiger partial charge in [0.2, 0.25) is 18.6 Å². The van der Waals surface area contributed by atoms with Crippen LogP contribution in [0, 0.1) is 17.2 Å². The number of nitrogens with zero attached hydrogens (tertiary/aromatic N) is 2. The number of amidine groups is 1. The highest BCUT2D eigenvalue weighted by atomic mass is 32.2. The van der Waals surface area contributed by atoms with Crippen molar-refractivity contribution in [2.75, 3.05) is 23.3 Å². The summed E-state index contributed by atoms with van der Waals surface area (Å²) in [6.07, 6.45) is 0. The standard InChI is InChI=1S/C22H20N4O4S/c23-20(24)12-3-1-11(2-4-12)19-18-17(14-8-31-9-25(14)19)21(27)26(22(18)28)13-5-6-15-16(7-13)30-10-29-15/h1-7,14,17-19H,8-10H2,(H3,23,24)/t14-,17-,18-,19-/m1/s1. The fourth-order valence-corrected chi connectivity index (χ4v) is 6.57. The van der Waals surface area contributed by atoms with E-state index < -0.39 is 5.92 Å². The molecule has 6 rings (SSSR count). The Morgan fingerprint density at radius 2 is 1.77 bits per heavy atom. The quantitative estimate of drug-likeness (QED) is 0.430. The Kier molecular flexibility index (Phi) is 4.06. The molecule has 2 amide bonds. The van der Waals surface area contributed by atoms with E-state index in [9.17, 15) is 9.59 Å². The highest BCUT2D eigenvalue weighted by molar-refractivity contribution is 7.99. The van der Waals surface area contributed by atoms with Gasteiger partial charge in [-0.25, -0.2) is 4.90 Å². The van der Waals surface area contributed by atoms with E-state index in [1.165, 1.54) is 4.90 Å². The van der Waals surface area contributed by atoms with Gasteiger partial charge in [0.05, 0.1) is 17.5 Å². The molecule has 4 aliphatic heterocycles. The molecule has 4 aliphatic rings. The third-order valence-corrected chi connectivity index (χ3v) is 7.70. The second kappa shape index (κ2) is 6.73. The Morgan fingerprint density at radius 3 is 2.55 bits per heavy atom. The SMILES string of the molecule is N=C(N)c1ccc([C@@H]2[C@@H]3C(=O)N(c4ccc5c(c4)OCO5)C(=O)[C@@H]3[C@H]3CSCN32)cc1. The van der Waals surface area contributed by atoms with Crippen molar-refractivity contribution in [3.05, 3.63) is 53.6 Å². The second-order valence-corrected chi connectivity index (χ2v) is 9.16. The number of imide groups is 1. The predicted octanol–water partition coefficient (Wildman–Crippen LogP) is 1.93. The lowest BCUT2D eigenvalue weighted by molar-refractivity contribution is -0.123. The Labute approximate surface area is 182 Å². The number of ether oxygens (including phenoxy) is 2. The number of fused-ring (bicyclic) bond motifs is 4. The average molecular weight is 436 g/mol. The maximum atomic E-state index is 13.6. The number of nitrogen functional groups attached to an aromatic ring is 1. The van der Waals surface area contributed by atoms with Crippen molar-refractivity contribution in [3.8, 4) is 11.5 Å². The van der Waals surface area contributed by atoms with Gasteiger partial charge in [-0.15, -0.1) is 11.8 Å².